The number of aliphatic hydroxyl groups excluding tert-OH is 21. The Morgan fingerprint density at radius 2 is 0.542 bits per heavy atom. The zero-order chi connectivity index (χ0) is 70.8. The van der Waals surface area contributed by atoms with Gasteiger partial charge >= 0.3 is 0 Å². The molecule has 42 nitrogen and oxygen atoms in total. The first kappa shape index (κ1) is 78.7. The van der Waals surface area contributed by atoms with Crippen LogP contribution < -0.4 is 16.0 Å². The van der Waals surface area contributed by atoms with Crippen molar-refractivity contribution >= 4 is 17.7 Å². The summed E-state index contributed by atoms with van der Waals surface area (Å²) in [6.45, 7) is -1.03. The van der Waals surface area contributed by atoms with Gasteiger partial charge in [-0.1, -0.05) is 0 Å². The largest absolute Gasteiger partial charge is 0.394 e. The van der Waals surface area contributed by atoms with Crippen LogP contribution in [0.1, 0.15) is 34.6 Å². The molecule has 556 valence electrons. The van der Waals surface area contributed by atoms with Crippen LogP contribution in [0.2, 0.25) is 0 Å². The van der Waals surface area contributed by atoms with E-state index in [4.69, 9.17) is 71.1 Å². The quantitative estimate of drug-likeness (QED) is 0.0452. The monoisotopic (exact) mass is 1410 g/mol. The molecule has 0 aromatic heterocycles. The van der Waals surface area contributed by atoms with Crippen molar-refractivity contribution in [1.82, 2.24) is 16.0 Å². The maximum atomic E-state index is 13.4. The van der Waals surface area contributed by atoms with Gasteiger partial charge in [0.25, 0.3) is 0 Å². The van der Waals surface area contributed by atoms with Crippen molar-refractivity contribution in [2.75, 3.05) is 39.6 Å². The zero-order valence-electron chi connectivity index (χ0n) is 52.1. The molecule has 0 spiro atoms. The van der Waals surface area contributed by atoms with E-state index in [1.54, 1.807) is 0 Å². The fourth-order valence-corrected chi connectivity index (χ4v) is 12.6. The number of hydrogen-bond acceptors (Lipinski definition) is 39. The number of aliphatic hydroxyl groups is 21. The molecule has 0 radical (unpaired) electrons. The second-order valence-electron chi connectivity index (χ2n) is 24.5. The van der Waals surface area contributed by atoms with E-state index < -0.39 is 303 Å². The second-order valence-corrected chi connectivity index (χ2v) is 24.5. The highest BCUT2D eigenvalue weighted by Crippen LogP contribution is 2.40. The highest BCUT2D eigenvalue weighted by atomic mass is 16.8. The Hall–Kier alpha value is -3.03. The van der Waals surface area contributed by atoms with Crippen molar-refractivity contribution in [3.63, 3.8) is 0 Å². The van der Waals surface area contributed by atoms with E-state index in [1.165, 1.54) is 13.8 Å². The molecular weight excluding hydrogens is 1310 g/mol. The van der Waals surface area contributed by atoms with E-state index in [0.29, 0.717) is 0 Å². The van der Waals surface area contributed by atoms with Crippen LogP contribution in [0.15, 0.2) is 0 Å². The van der Waals surface area contributed by atoms with Crippen LogP contribution >= 0.6 is 0 Å². The van der Waals surface area contributed by atoms with Crippen LogP contribution in [0.4, 0.5) is 0 Å². The van der Waals surface area contributed by atoms with Crippen molar-refractivity contribution in [1.29, 1.82) is 0 Å². The number of amides is 3. The van der Waals surface area contributed by atoms with Crippen LogP contribution in [-0.4, -0.2) is 410 Å². The lowest BCUT2D eigenvalue weighted by Crippen LogP contribution is -2.72. The van der Waals surface area contributed by atoms with Gasteiger partial charge in [0, 0.05) is 20.8 Å². The third-order valence-electron chi connectivity index (χ3n) is 17.8. The normalized spacial score (nSPS) is 50.3. The van der Waals surface area contributed by atoms with Gasteiger partial charge in [0.15, 0.2) is 50.3 Å². The van der Waals surface area contributed by atoms with Gasteiger partial charge in [0.1, 0.15) is 183 Å². The Labute approximate surface area is 545 Å². The summed E-state index contributed by atoms with van der Waals surface area (Å²) >= 11 is 0. The molecule has 40 atom stereocenters. The molecule has 96 heavy (non-hydrogen) atoms. The summed E-state index contributed by atoms with van der Waals surface area (Å²) in [5, 5.41) is 239. The maximum Gasteiger partial charge on any atom is 0.217 e. The average Bonchev–Trinajstić information content (AvgIpc) is 0.764. The topological polar surface area (TPSA) is 651 Å². The van der Waals surface area contributed by atoms with Crippen molar-refractivity contribution in [3.05, 3.63) is 0 Å². The number of ether oxygens (including phenoxy) is 15. The first-order valence-corrected chi connectivity index (χ1v) is 30.8. The van der Waals surface area contributed by atoms with E-state index in [2.05, 4.69) is 16.0 Å². The van der Waals surface area contributed by atoms with Crippen LogP contribution in [-0.2, 0) is 85.4 Å². The molecule has 8 rings (SSSR count). The minimum absolute atomic E-state index is 0.757. The van der Waals surface area contributed by atoms with E-state index in [0.717, 1.165) is 20.8 Å². The Balaban J connectivity index is 1.14. The predicted molar refractivity (Wildman–Crippen MR) is 296 cm³/mol. The molecule has 3 amide bonds. The third kappa shape index (κ3) is 16.9. The number of hydrogen-bond donors (Lipinski definition) is 24. The summed E-state index contributed by atoms with van der Waals surface area (Å²) in [4.78, 5) is 38.7. The van der Waals surface area contributed by atoms with E-state index >= 15 is 0 Å². The Morgan fingerprint density at radius 3 is 0.896 bits per heavy atom. The minimum atomic E-state index is -2.43. The number of rotatable bonds is 23. The first-order chi connectivity index (χ1) is 45.3. The van der Waals surface area contributed by atoms with Crippen molar-refractivity contribution in [2.45, 2.75) is 280 Å². The smallest absolute Gasteiger partial charge is 0.217 e. The van der Waals surface area contributed by atoms with Crippen molar-refractivity contribution < 1.29 is 193 Å². The van der Waals surface area contributed by atoms with Crippen LogP contribution in [0.25, 0.3) is 0 Å². The molecule has 8 fully saturated rings. The van der Waals surface area contributed by atoms with Gasteiger partial charge in [-0.05, 0) is 13.8 Å². The van der Waals surface area contributed by atoms with Crippen molar-refractivity contribution in [2.24, 2.45) is 0 Å². The Kier molecular flexibility index (Phi) is 27.7. The molecule has 0 aromatic carbocycles. The van der Waals surface area contributed by atoms with Gasteiger partial charge in [0.2, 0.25) is 17.7 Å². The minimum Gasteiger partial charge on any atom is -0.394 e. The predicted octanol–water partition coefficient (Wildman–Crippen LogP) is -16.0. The molecule has 0 saturated carbocycles. The van der Waals surface area contributed by atoms with Crippen molar-refractivity contribution in [3.8, 4) is 0 Å². The Morgan fingerprint density at radius 1 is 0.271 bits per heavy atom. The standard InChI is InChI=1S/C54H91N3O39/c1-12-26(67)32(73)35(76)50(82-12)93-43-24(56-15(4)65)48(88-21(10-62)41(43)91-52-37(78)34(75)28(69)17(6-58)85-52)96-46-30(71)19(8-60)87-54(39(46)80)92-42-22(11-63)89-49(25(57-16(5)66)44(42)94-51-36(77)33(74)27(68)13(2)83-51)95-45-29(70)18(7-59)86-53(38(45)79)90-40-20(9-61)84-47(81)23(31(40)72)55-14(3)64/h12-13,17-54,58-63,67-81H,6-11H2,1-5H3,(H,55,64)(H,56,65)(H,57,66)/t12-,13-,17+,18+,19+,20+,21+,22+,23+,24+,25+,26+,27+,28-,29-,30-,31+,32+,33+,34-,35-,36-,37+,38+,39+,40+,41+,42+,43+,44+,45-,46-,47+,48-,49-,50-,51-,52-,53-,54-/m0/s1. The molecule has 0 aliphatic carbocycles. The number of carbonyl (C=O) groups is 3. The molecule has 24 N–H and O–H groups in total. The lowest BCUT2D eigenvalue weighted by Gasteiger charge is -2.52. The average molecular weight is 1410 g/mol. The summed E-state index contributed by atoms with van der Waals surface area (Å²) < 4.78 is 89.5. The summed E-state index contributed by atoms with van der Waals surface area (Å²) in [6.07, 6.45) is -73.2. The molecule has 8 aliphatic heterocycles. The van der Waals surface area contributed by atoms with E-state index in [9.17, 15) is 122 Å². The van der Waals surface area contributed by atoms with Gasteiger partial charge in [-0.2, -0.15) is 0 Å². The Bertz CT molecular complexity index is 2470. The molecule has 0 aromatic rings. The molecule has 0 bridgehead atoms. The highest BCUT2D eigenvalue weighted by molar-refractivity contribution is 5.74. The van der Waals surface area contributed by atoms with Gasteiger partial charge < -0.3 is 194 Å². The van der Waals surface area contributed by atoms with Crippen LogP contribution in [0.5, 0.6) is 0 Å². The lowest BCUT2D eigenvalue weighted by molar-refractivity contribution is -0.399. The molecular formula is C54H91N3O39. The van der Waals surface area contributed by atoms with E-state index in [-0.39, 0.29) is 0 Å². The molecule has 0 unspecified atom stereocenters. The van der Waals surface area contributed by atoms with Gasteiger partial charge in [-0.25, -0.2) is 0 Å². The zero-order valence-corrected chi connectivity index (χ0v) is 52.1. The molecule has 42 heteroatoms. The van der Waals surface area contributed by atoms with Gasteiger partial charge in [0.05, 0.1) is 51.8 Å². The molecule has 8 saturated heterocycles. The van der Waals surface area contributed by atoms with E-state index in [1.807, 2.05) is 0 Å². The van der Waals surface area contributed by atoms with Crippen LogP contribution in [0.3, 0.4) is 0 Å². The maximum absolute atomic E-state index is 13.4. The molecule has 8 aliphatic rings. The second kappa shape index (κ2) is 33.8. The summed E-state index contributed by atoms with van der Waals surface area (Å²) in [5.41, 5.74) is 0. The fraction of sp³-hybridized carbons (Fsp3) is 0.944. The third-order valence-corrected chi connectivity index (χ3v) is 17.8. The number of nitrogens with one attached hydrogen (secondary N) is 3. The van der Waals surface area contributed by atoms with Crippen LogP contribution in [0, 0.1) is 0 Å². The first-order valence-electron chi connectivity index (χ1n) is 30.8. The summed E-state index contributed by atoms with van der Waals surface area (Å²) in [5.74, 6) is -2.67. The SMILES string of the molecule is CC(=O)N[C@@H]1[C@@H](O)[C@H](O[C@@H]2O[C@H](CO)[C@H](O)[C@H](O[C@@H]3O[C@H](CO)[C@@H](O[C@@H]4O[C@H](CO)[C@H](O)[C@H](O[C@@H]5O[C@H](CO)[C@@H](O[C@@H]6O[C@H](CO)[C@H](O)[C@H](O)[C@H]6O)[C@H](O[C@@H]6O[C@@H](C)[C@@H](O)[C@@H](O)[C@@H]6O)[C@H]5NC(C)=O)[C@H]4O)[C@H](O[C@@H]4O[C@@H](C)[C@@H](O)[C@@H](O)[C@@H]4O)[C@H]3NC(C)=O)[C@H]2O)[C@@H](CO)O[C@H]1O. The van der Waals surface area contributed by atoms with Gasteiger partial charge in [-0.15, -0.1) is 0 Å². The van der Waals surface area contributed by atoms with Gasteiger partial charge in [-0.3, -0.25) is 14.4 Å². The summed E-state index contributed by atoms with van der Waals surface area (Å²) in [6, 6.07) is -5.51. The lowest BCUT2D eigenvalue weighted by atomic mass is 9.93. The number of carbonyl (C=O) groups excluding carboxylic acids is 3. The highest BCUT2D eigenvalue weighted by Gasteiger charge is 2.61. The fourth-order valence-electron chi connectivity index (χ4n) is 12.6. The summed E-state index contributed by atoms with van der Waals surface area (Å²) in [7, 11) is 0. The molecule has 8 heterocycles.